The molecular formula is C49H40S. The Morgan fingerprint density at radius 1 is 0.620 bits per heavy atom. The van der Waals surface area contributed by atoms with Gasteiger partial charge in [-0.1, -0.05) is 147 Å². The lowest BCUT2D eigenvalue weighted by Gasteiger charge is -2.24. The van der Waals surface area contributed by atoms with Gasteiger partial charge in [0.1, 0.15) is 0 Å². The van der Waals surface area contributed by atoms with E-state index in [1.807, 2.05) is 11.3 Å². The van der Waals surface area contributed by atoms with Crippen LogP contribution in [0.1, 0.15) is 56.4 Å². The van der Waals surface area contributed by atoms with Crippen molar-refractivity contribution >= 4 is 75.0 Å². The second kappa shape index (κ2) is 12.0. The van der Waals surface area contributed by atoms with Crippen LogP contribution in [0.25, 0.3) is 63.6 Å². The third-order valence-corrected chi connectivity index (χ3v) is 12.3. The van der Waals surface area contributed by atoms with Crippen LogP contribution in [0.15, 0.2) is 157 Å². The molecule has 0 spiro atoms. The third kappa shape index (κ3) is 4.95. The summed E-state index contributed by atoms with van der Waals surface area (Å²) in [7, 11) is 0. The summed E-state index contributed by atoms with van der Waals surface area (Å²) in [6.45, 7) is 9.40. The van der Waals surface area contributed by atoms with Gasteiger partial charge >= 0.3 is 0 Å². The van der Waals surface area contributed by atoms with Crippen molar-refractivity contribution in [2.75, 3.05) is 0 Å². The number of hydrogen-bond acceptors (Lipinski definition) is 1. The first kappa shape index (κ1) is 30.8. The largest absolute Gasteiger partial charge is 0.135 e. The van der Waals surface area contributed by atoms with Crippen molar-refractivity contribution < 1.29 is 0 Å². The summed E-state index contributed by atoms with van der Waals surface area (Å²) < 4.78 is 2.73. The highest BCUT2D eigenvalue weighted by Gasteiger charge is 2.36. The van der Waals surface area contributed by atoms with Crippen molar-refractivity contribution in [2.24, 2.45) is 0 Å². The van der Waals surface area contributed by atoms with Crippen LogP contribution in [-0.2, 0) is 11.8 Å². The molecule has 0 nitrogen and oxygen atoms in total. The van der Waals surface area contributed by atoms with Crippen LogP contribution < -0.4 is 0 Å². The molecule has 0 fully saturated rings. The molecule has 2 aliphatic rings. The van der Waals surface area contributed by atoms with Crippen LogP contribution in [0.4, 0.5) is 0 Å². The molecule has 0 aliphatic heterocycles. The zero-order valence-corrected chi connectivity index (χ0v) is 30.0. The molecule has 1 aromatic heterocycles. The Morgan fingerprint density at radius 2 is 1.24 bits per heavy atom. The molecule has 0 radical (unpaired) electrons. The Balaban J connectivity index is 1.16. The van der Waals surface area contributed by atoms with E-state index in [2.05, 4.69) is 173 Å². The second-order valence-corrected chi connectivity index (χ2v) is 15.6. The molecule has 1 heterocycles. The SMILES string of the molecule is C/C(=C\C=C1\C=CC=CC1)c1c2ccccc2c(/C(C)=C/C=C2\Cc3ccc4cc5sc6ccccc6c5cc4c3C2(C)C)c2ccccc12. The molecule has 0 unspecified atom stereocenters. The Morgan fingerprint density at radius 3 is 1.88 bits per heavy atom. The predicted octanol–water partition coefficient (Wildman–Crippen LogP) is 14.2. The van der Waals surface area contributed by atoms with Crippen LogP contribution >= 0.6 is 11.3 Å². The smallest absolute Gasteiger partial charge is 0.0361 e. The molecule has 0 bridgehead atoms. The summed E-state index contributed by atoms with van der Waals surface area (Å²) >= 11 is 1.90. The van der Waals surface area contributed by atoms with Crippen molar-refractivity contribution in [2.45, 2.75) is 46.0 Å². The zero-order valence-electron chi connectivity index (χ0n) is 29.2. The Bertz CT molecular complexity index is 2670. The predicted molar refractivity (Wildman–Crippen MR) is 221 cm³/mol. The lowest BCUT2D eigenvalue weighted by molar-refractivity contribution is 0.649. The quantitative estimate of drug-likeness (QED) is 0.165. The number of allylic oxidation sites excluding steroid dienone is 12. The van der Waals surface area contributed by atoms with Gasteiger partial charge in [-0.2, -0.15) is 0 Å². The average Bonchev–Trinajstić information content (AvgIpc) is 3.63. The van der Waals surface area contributed by atoms with Gasteiger partial charge < -0.3 is 0 Å². The highest BCUT2D eigenvalue weighted by atomic mass is 32.1. The van der Waals surface area contributed by atoms with E-state index >= 15 is 0 Å². The van der Waals surface area contributed by atoms with Gasteiger partial charge in [0.15, 0.2) is 0 Å². The van der Waals surface area contributed by atoms with Crippen LogP contribution in [0.5, 0.6) is 0 Å². The summed E-state index contributed by atoms with van der Waals surface area (Å²) in [6.07, 6.45) is 20.0. The maximum absolute atomic E-state index is 2.48. The van der Waals surface area contributed by atoms with Gasteiger partial charge in [0.2, 0.25) is 0 Å². The highest BCUT2D eigenvalue weighted by Crippen LogP contribution is 2.48. The van der Waals surface area contributed by atoms with E-state index in [4.69, 9.17) is 0 Å². The van der Waals surface area contributed by atoms with E-state index < -0.39 is 0 Å². The molecular weight excluding hydrogens is 621 g/mol. The first-order valence-corrected chi connectivity index (χ1v) is 18.6. The molecule has 50 heavy (non-hydrogen) atoms. The maximum Gasteiger partial charge on any atom is 0.0361 e. The van der Waals surface area contributed by atoms with E-state index in [1.165, 1.54) is 97.0 Å². The Kier molecular flexibility index (Phi) is 7.37. The summed E-state index contributed by atoms with van der Waals surface area (Å²) in [5, 5.41) is 10.7. The van der Waals surface area contributed by atoms with Crippen LogP contribution in [0, 0.1) is 0 Å². The summed E-state index contributed by atoms with van der Waals surface area (Å²) in [5.74, 6) is 0. The van der Waals surface area contributed by atoms with Gasteiger partial charge in [-0.15, -0.1) is 11.3 Å². The maximum atomic E-state index is 2.48. The van der Waals surface area contributed by atoms with E-state index in [-0.39, 0.29) is 5.41 Å². The molecule has 7 aromatic rings. The molecule has 0 saturated carbocycles. The molecule has 9 rings (SSSR count). The van der Waals surface area contributed by atoms with Gasteiger partial charge in [-0.05, 0) is 116 Å². The van der Waals surface area contributed by atoms with Crippen molar-refractivity contribution in [1.29, 1.82) is 0 Å². The van der Waals surface area contributed by atoms with Crippen molar-refractivity contribution in [1.82, 2.24) is 0 Å². The number of rotatable bonds is 4. The number of hydrogen-bond donors (Lipinski definition) is 0. The van der Waals surface area contributed by atoms with E-state index in [1.54, 1.807) is 0 Å². The van der Waals surface area contributed by atoms with Gasteiger partial charge in [-0.25, -0.2) is 0 Å². The molecule has 242 valence electrons. The molecule has 0 atom stereocenters. The standard InChI is InChI=1S/C49H40S/c1-31(22-24-33-14-6-5-7-15-33)46-38-17-8-10-19-40(38)47(41-20-11-9-18-39(41)46)32(2)23-27-36-28-35-26-25-34-29-45-43(30-42(34)48(35)49(36,3)4)37-16-12-13-21-44(37)50-45/h5-14,16-27,29-30H,15,28H2,1-4H3/b31-22+,32-23+,33-24-,36-27+. The minimum atomic E-state index is -0.0706. The minimum absolute atomic E-state index is 0.0706. The van der Waals surface area contributed by atoms with E-state index in [9.17, 15) is 0 Å². The van der Waals surface area contributed by atoms with Gasteiger partial charge in [0.25, 0.3) is 0 Å². The number of fused-ring (bicyclic) bond motifs is 8. The molecule has 0 amide bonds. The number of thiophene rings is 1. The van der Waals surface area contributed by atoms with Gasteiger partial charge in [0.05, 0.1) is 0 Å². The Labute approximate surface area is 298 Å². The summed E-state index contributed by atoms with van der Waals surface area (Å²) in [5.41, 5.74) is 10.9. The van der Waals surface area contributed by atoms with Crippen LogP contribution in [-0.4, -0.2) is 0 Å². The summed E-state index contributed by atoms with van der Waals surface area (Å²) in [6, 6.07) is 36.4. The zero-order chi connectivity index (χ0) is 34.0. The minimum Gasteiger partial charge on any atom is -0.135 e. The Hall–Kier alpha value is -5.24. The van der Waals surface area contributed by atoms with Gasteiger partial charge in [-0.3, -0.25) is 0 Å². The van der Waals surface area contributed by atoms with Crippen molar-refractivity contribution in [3.05, 3.63) is 179 Å². The molecule has 6 aromatic carbocycles. The molecule has 0 saturated heterocycles. The van der Waals surface area contributed by atoms with Crippen molar-refractivity contribution in [3.63, 3.8) is 0 Å². The third-order valence-electron chi connectivity index (χ3n) is 11.1. The molecule has 2 aliphatic carbocycles. The topological polar surface area (TPSA) is 0 Å². The first-order valence-electron chi connectivity index (χ1n) is 17.8. The monoisotopic (exact) mass is 660 g/mol. The van der Waals surface area contributed by atoms with E-state index in [0.29, 0.717) is 0 Å². The normalized spacial score (nSPS) is 17.8. The lowest BCUT2D eigenvalue weighted by atomic mass is 9.80. The number of benzene rings is 6. The van der Waals surface area contributed by atoms with Crippen molar-refractivity contribution in [3.8, 4) is 0 Å². The average molecular weight is 661 g/mol. The lowest BCUT2D eigenvalue weighted by Crippen LogP contribution is -2.15. The fourth-order valence-corrected chi connectivity index (χ4v) is 9.72. The fourth-order valence-electron chi connectivity index (χ4n) is 8.58. The van der Waals surface area contributed by atoms with Crippen LogP contribution in [0.2, 0.25) is 0 Å². The van der Waals surface area contributed by atoms with E-state index in [0.717, 1.165) is 12.8 Å². The van der Waals surface area contributed by atoms with Gasteiger partial charge in [0, 0.05) is 25.6 Å². The summed E-state index contributed by atoms with van der Waals surface area (Å²) in [4.78, 5) is 0. The second-order valence-electron chi connectivity index (χ2n) is 14.5. The first-order chi connectivity index (χ1) is 24.4. The highest BCUT2D eigenvalue weighted by molar-refractivity contribution is 7.25. The fraction of sp³-hybridized carbons (Fsp3) is 0.143. The molecule has 1 heteroatoms. The van der Waals surface area contributed by atoms with Crippen LogP contribution in [0.3, 0.4) is 0 Å². The molecule has 0 N–H and O–H groups in total.